The first-order valence-electron chi connectivity index (χ1n) is 9.96. The molecule has 3 heterocycles. The SMILES string of the molecule is N#Cc1ccc(-n2c(O)c3n(c2=O)[C@@H]2CC3N(C(=O)c3cc(F)cc(F)c3)C2)cc1C(F)(F)F. The molecule has 3 aromatic rings. The number of nitriles is 1. The lowest BCUT2D eigenvalue weighted by atomic mass is 10.1. The molecule has 2 atom stereocenters. The van der Waals surface area contributed by atoms with Crippen LogP contribution >= 0.6 is 0 Å². The molecular formula is C22H13F5N4O3. The van der Waals surface area contributed by atoms with Gasteiger partial charge >= 0.3 is 11.9 Å². The predicted octanol–water partition coefficient (Wildman–Crippen LogP) is 3.66. The zero-order chi connectivity index (χ0) is 24.5. The number of nitrogens with zero attached hydrogens (tertiary/aromatic N) is 4. The molecule has 0 radical (unpaired) electrons. The van der Waals surface area contributed by atoms with Crippen LogP contribution in [0, 0.1) is 23.0 Å². The molecule has 0 saturated carbocycles. The van der Waals surface area contributed by atoms with Crippen molar-refractivity contribution in [3.63, 3.8) is 0 Å². The summed E-state index contributed by atoms with van der Waals surface area (Å²) in [6, 6.07) is 4.98. The van der Waals surface area contributed by atoms with Crippen LogP contribution in [-0.2, 0) is 6.18 Å². The number of benzene rings is 2. The number of carbonyl (C=O) groups excluding carboxylic acids is 1. The van der Waals surface area contributed by atoms with Crippen LogP contribution in [0.25, 0.3) is 5.69 Å². The molecule has 12 heteroatoms. The number of hydrogen-bond donors (Lipinski definition) is 1. The second-order valence-electron chi connectivity index (χ2n) is 8.06. The van der Waals surface area contributed by atoms with Gasteiger partial charge in [0.2, 0.25) is 5.88 Å². The Kier molecular flexibility index (Phi) is 4.58. The maximum Gasteiger partial charge on any atom is 0.417 e. The number of aromatic hydroxyl groups is 1. The highest BCUT2D eigenvalue weighted by Gasteiger charge is 2.49. The Morgan fingerprint density at radius 2 is 1.79 bits per heavy atom. The van der Waals surface area contributed by atoms with Crippen molar-refractivity contribution in [2.45, 2.75) is 24.7 Å². The molecule has 1 N–H and O–H groups in total. The fourth-order valence-electron chi connectivity index (χ4n) is 4.75. The van der Waals surface area contributed by atoms with Gasteiger partial charge in [-0.1, -0.05) is 0 Å². The number of imidazole rings is 1. The lowest BCUT2D eigenvalue weighted by molar-refractivity contribution is -0.137. The van der Waals surface area contributed by atoms with Gasteiger partial charge in [-0.2, -0.15) is 18.4 Å². The van der Waals surface area contributed by atoms with Crippen molar-refractivity contribution >= 4 is 5.91 Å². The third-order valence-corrected chi connectivity index (χ3v) is 6.12. The van der Waals surface area contributed by atoms with E-state index in [9.17, 15) is 36.6 Å². The van der Waals surface area contributed by atoms with Gasteiger partial charge in [0.05, 0.1) is 35.0 Å². The quantitative estimate of drug-likeness (QED) is 0.572. The first kappa shape index (κ1) is 21.7. The fraction of sp³-hybridized carbons (Fsp3) is 0.227. The molecule has 5 rings (SSSR count). The first-order valence-corrected chi connectivity index (χ1v) is 9.96. The first-order chi connectivity index (χ1) is 16.0. The van der Waals surface area contributed by atoms with Crippen LogP contribution < -0.4 is 5.69 Å². The Hall–Kier alpha value is -4.14. The minimum atomic E-state index is -4.87. The van der Waals surface area contributed by atoms with E-state index < -0.39 is 58.5 Å². The largest absolute Gasteiger partial charge is 0.493 e. The van der Waals surface area contributed by atoms with E-state index in [1.54, 1.807) is 0 Å². The van der Waals surface area contributed by atoms with Crippen molar-refractivity contribution < 1.29 is 31.9 Å². The summed E-state index contributed by atoms with van der Waals surface area (Å²) in [6.45, 7) is 0.0131. The molecule has 0 aliphatic carbocycles. The van der Waals surface area contributed by atoms with Crippen molar-refractivity contribution in [3.05, 3.63) is 80.9 Å². The average molecular weight is 476 g/mol. The van der Waals surface area contributed by atoms with Crippen LogP contribution in [0.1, 0.15) is 45.7 Å². The number of carbonyl (C=O) groups is 1. The summed E-state index contributed by atoms with van der Waals surface area (Å²) in [5, 5.41) is 19.8. The number of halogens is 5. The highest BCUT2D eigenvalue weighted by Crippen LogP contribution is 2.49. The lowest BCUT2D eigenvalue weighted by Gasteiger charge is -2.27. The molecule has 2 bridgehead atoms. The third-order valence-electron chi connectivity index (χ3n) is 6.12. The maximum atomic E-state index is 13.6. The number of fused-ring (bicyclic) bond motifs is 5. The smallest absolute Gasteiger partial charge is 0.417 e. The second-order valence-corrected chi connectivity index (χ2v) is 8.06. The van der Waals surface area contributed by atoms with Crippen molar-refractivity contribution in [1.29, 1.82) is 5.26 Å². The van der Waals surface area contributed by atoms with Crippen LogP contribution in [-0.4, -0.2) is 31.6 Å². The monoisotopic (exact) mass is 476 g/mol. The van der Waals surface area contributed by atoms with Gasteiger partial charge in [-0.15, -0.1) is 0 Å². The average Bonchev–Trinajstić information content (AvgIpc) is 3.43. The molecule has 0 spiro atoms. The molecule has 1 unspecified atom stereocenters. The van der Waals surface area contributed by atoms with Crippen LogP contribution in [0.3, 0.4) is 0 Å². The summed E-state index contributed by atoms with van der Waals surface area (Å²) in [6.07, 6.45) is -4.62. The van der Waals surface area contributed by atoms with E-state index in [0.29, 0.717) is 16.7 Å². The molecule has 1 aromatic heterocycles. The van der Waals surface area contributed by atoms with E-state index in [1.807, 2.05) is 0 Å². The molecule has 1 saturated heterocycles. The van der Waals surface area contributed by atoms with Gasteiger partial charge in [0.1, 0.15) is 17.3 Å². The van der Waals surface area contributed by atoms with Crippen LogP contribution in [0.5, 0.6) is 5.88 Å². The van der Waals surface area contributed by atoms with Crippen LogP contribution in [0.15, 0.2) is 41.2 Å². The van der Waals surface area contributed by atoms with Crippen LogP contribution in [0.2, 0.25) is 0 Å². The predicted molar refractivity (Wildman–Crippen MR) is 105 cm³/mol. The zero-order valence-electron chi connectivity index (χ0n) is 17.0. The standard InChI is InChI=1S/C22H13F5N4O3/c23-12-3-11(4-13(24)5-12)19(32)29-9-15-7-17(29)18-20(33)31(21(34)30(15)18)14-2-1-10(8-28)16(6-14)22(25,26)27/h1-6,15,17,33H,7,9H2/t15-,17?/m1/s1. The van der Waals surface area contributed by atoms with E-state index in [-0.39, 0.29) is 29.9 Å². The lowest BCUT2D eigenvalue weighted by Crippen LogP contribution is -2.37. The minimum Gasteiger partial charge on any atom is -0.493 e. The summed E-state index contributed by atoms with van der Waals surface area (Å²) in [5.41, 5.74) is -3.25. The molecule has 1 fully saturated rings. The van der Waals surface area contributed by atoms with E-state index in [2.05, 4.69) is 0 Å². The van der Waals surface area contributed by atoms with Gasteiger partial charge in [0.25, 0.3) is 5.91 Å². The summed E-state index contributed by atoms with van der Waals surface area (Å²) >= 11 is 0. The number of amides is 1. The van der Waals surface area contributed by atoms with Gasteiger partial charge < -0.3 is 10.0 Å². The topological polar surface area (TPSA) is 91.3 Å². The molecule has 2 aliphatic heterocycles. The number of alkyl halides is 3. The second kappa shape index (κ2) is 7.18. The number of hydrogen-bond acceptors (Lipinski definition) is 4. The van der Waals surface area contributed by atoms with Crippen LogP contribution in [0.4, 0.5) is 22.0 Å². The van der Waals surface area contributed by atoms with Gasteiger partial charge in [0.15, 0.2) is 0 Å². The third kappa shape index (κ3) is 3.07. The highest BCUT2D eigenvalue weighted by atomic mass is 19.4. The van der Waals surface area contributed by atoms with Gasteiger partial charge in [0, 0.05) is 18.2 Å². The van der Waals surface area contributed by atoms with E-state index >= 15 is 0 Å². The Balaban J connectivity index is 1.58. The molecule has 2 aromatic carbocycles. The number of likely N-dealkylation sites (tertiary alicyclic amines) is 1. The Bertz CT molecular complexity index is 1450. The molecule has 174 valence electrons. The molecule has 1 amide bonds. The summed E-state index contributed by atoms with van der Waals surface area (Å²) in [4.78, 5) is 27.2. The van der Waals surface area contributed by atoms with Crippen molar-refractivity contribution in [1.82, 2.24) is 14.0 Å². The van der Waals surface area contributed by atoms with Crippen molar-refractivity contribution in [2.24, 2.45) is 0 Å². The van der Waals surface area contributed by atoms with Gasteiger partial charge in [-0.25, -0.2) is 18.1 Å². The zero-order valence-corrected chi connectivity index (χ0v) is 17.0. The van der Waals surface area contributed by atoms with E-state index in [4.69, 9.17) is 5.26 Å². The van der Waals surface area contributed by atoms with E-state index in [0.717, 1.165) is 24.3 Å². The molecule has 34 heavy (non-hydrogen) atoms. The Morgan fingerprint density at radius 3 is 2.41 bits per heavy atom. The van der Waals surface area contributed by atoms with Crippen molar-refractivity contribution in [2.75, 3.05) is 6.54 Å². The molecular weight excluding hydrogens is 463 g/mol. The summed E-state index contributed by atoms with van der Waals surface area (Å²) < 4.78 is 69.2. The van der Waals surface area contributed by atoms with Crippen molar-refractivity contribution in [3.8, 4) is 17.6 Å². The Labute approximate surface area is 187 Å². The maximum absolute atomic E-state index is 13.6. The summed E-state index contributed by atoms with van der Waals surface area (Å²) in [7, 11) is 0. The minimum absolute atomic E-state index is 0.0131. The highest BCUT2D eigenvalue weighted by molar-refractivity contribution is 5.95. The molecule has 2 aliphatic rings. The summed E-state index contributed by atoms with van der Waals surface area (Å²) in [5.74, 6) is -3.26. The normalized spacial score (nSPS) is 18.8. The van der Waals surface area contributed by atoms with Gasteiger partial charge in [-0.05, 0) is 36.8 Å². The number of aromatic nitrogens is 2. The number of rotatable bonds is 2. The Morgan fingerprint density at radius 1 is 1.12 bits per heavy atom. The van der Waals surface area contributed by atoms with E-state index in [1.165, 1.54) is 15.5 Å². The van der Waals surface area contributed by atoms with Gasteiger partial charge in [-0.3, -0.25) is 9.36 Å². The molecule has 7 nitrogen and oxygen atoms in total. The fourth-order valence-corrected chi connectivity index (χ4v) is 4.75.